The summed E-state index contributed by atoms with van der Waals surface area (Å²) in [6, 6.07) is 8.93. The molecular formula is C19H24N2O. The first-order valence-corrected chi connectivity index (χ1v) is 8.00. The molecule has 0 saturated heterocycles. The lowest BCUT2D eigenvalue weighted by Gasteiger charge is -2.10. The Bertz CT molecular complexity index is 723. The monoisotopic (exact) mass is 296 g/mol. The zero-order valence-electron chi connectivity index (χ0n) is 13.9. The summed E-state index contributed by atoms with van der Waals surface area (Å²) in [5, 5.41) is 3.29. The smallest absolute Gasteiger partial charge is 0.183 e. The van der Waals surface area contributed by atoms with Gasteiger partial charge in [0.25, 0.3) is 0 Å². The summed E-state index contributed by atoms with van der Waals surface area (Å²) in [5.41, 5.74) is 6.60. The summed E-state index contributed by atoms with van der Waals surface area (Å²) in [5.74, 6) is 0.168. The van der Waals surface area contributed by atoms with Crippen LogP contribution in [-0.2, 0) is 0 Å². The highest BCUT2D eigenvalue weighted by atomic mass is 16.1. The van der Waals surface area contributed by atoms with Crippen molar-refractivity contribution in [3.05, 3.63) is 52.3 Å². The molecule has 116 valence electrons. The summed E-state index contributed by atoms with van der Waals surface area (Å²) < 4.78 is 2.32. The van der Waals surface area contributed by atoms with Crippen LogP contribution in [0.25, 0.3) is 0 Å². The molecule has 1 fully saturated rings. The predicted molar refractivity (Wildman–Crippen MR) is 90.9 cm³/mol. The maximum atomic E-state index is 12.6. The van der Waals surface area contributed by atoms with E-state index in [-0.39, 0.29) is 5.78 Å². The van der Waals surface area contributed by atoms with Crippen LogP contribution in [0.3, 0.4) is 0 Å². The van der Waals surface area contributed by atoms with E-state index in [1.807, 2.05) is 6.07 Å². The van der Waals surface area contributed by atoms with Crippen LogP contribution < -0.4 is 5.32 Å². The number of carbonyl (C=O) groups is 1. The van der Waals surface area contributed by atoms with Gasteiger partial charge in [0.1, 0.15) is 0 Å². The van der Waals surface area contributed by atoms with E-state index in [0.717, 1.165) is 16.9 Å². The first kappa shape index (κ1) is 14.9. The Hall–Kier alpha value is -2.03. The Kier molecular flexibility index (Phi) is 3.81. The first-order valence-electron chi connectivity index (χ1n) is 8.00. The molecule has 0 bridgehead atoms. The Balaban J connectivity index is 1.75. The normalized spacial score (nSPS) is 14.2. The largest absolute Gasteiger partial charge is 0.377 e. The quantitative estimate of drug-likeness (QED) is 0.832. The Morgan fingerprint density at radius 1 is 1.18 bits per heavy atom. The van der Waals surface area contributed by atoms with Crippen molar-refractivity contribution in [3.8, 4) is 0 Å². The van der Waals surface area contributed by atoms with Crippen molar-refractivity contribution in [1.29, 1.82) is 0 Å². The number of ketones is 1. The fraction of sp³-hybridized carbons (Fsp3) is 0.421. The molecule has 3 rings (SSSR count). The van der Waals surface area contributed by atoms with Crippen molar-refractivity contribution in [2.75, 3.05) is 11.9 Å². The number of benzene rings is 1. The maximum Gasteiger partial charge on any atom is 0.183 e. The van der Waals surface area contributed by atoms with Gasteiger partial charge in [0.2, 0.25) is 0 Å². The summed E-state index contributed by atoms with van der Waals surface area (Å²) >= 11 is 0. The van der Waals surface area contributed by atoms with E-state index in [9.17, 15) is 4.79 Å². The molecule has 1 aliphatic rings. The fourth-order valence-corrected chi connectivity index (χ4v) is 3.15. The summed E-state index contributed by atoms with van der Waals surface area (Å²) in [7, 11) is 0. The van der Waals surface area contributed by atoms with E-state index in [4.69, 9.17) is 0 Å². The maximum absolute atomic E-state index is 12.6. The van der Waals surface area contributed by atoms with Crippen LogP contribution in [0.15, 0.2) is 24.3 Å². The van der Waals surface area contributed by atoms with Gasteiger partial charge in [0, 0.05) is 28.7 Å². The third-order valence-corrected chi connectivity index (χ3v) is 4.53. The van der Waals surface area contributed by atoms with Crippen LogP contribution in [0.1, 0.15) is 51.8 Å². The zero-order valence-corrected chi connectivity index (χ0v) is 13.9. The second-order valence-corrected chi connectivity index (χ2v) is 6.48. The molecule has 1 aromatic carbocycles. The van der Waals surface area contributed by atoms with Crippen molar-refractivity contribution in [1.82, 2.24) is 4.57 Å². The second kappa shape index (κ2) is 5.64. The molecule has 0 unspecified atom stereocenters. The van der Waals surface area contributed by atoms with Gasteiger partial charge < -0.3 is 9.88 Å². The third kappa shape index (κ3) is 2.80. The molecule has 1 heterocycles. The SMILES string of the molecule is Cc1ccc(C)c(NCC(=O)c2cc(C)n(C3CC3)c2C)c1. The van der Waals surface area contributed by atoms with E-state index in [0.29, 0.717) is 12.6 Å². The molecule has 1 saturated carbocycles. The Morgan fingerprint density at radius 3 is 2.59 bits per heavy atom. The highest BCUT2D eigenvalue weighted by Gasteiger charge is 2.28. The van der Waals surface area contributed by atoms with Gasteiger partial charge in [-0.2, -0.15) is 0 Å². The van der Waals surface area contributed by atoms with Crippen LogP contribution in [0.5, 0.6) is 0 Å². The number of aromatic nitrogens is 1. The van der Waals surface area contributed by atoms with Crippen molar-refractivity contribution in [3.63, 3.8) is 0 Å². The average molecular weight is 296 g/mol. The van der Waals surface area contributed by atoms with E-state index in [2.05, 4.69) is 55.8 Å². The van der Waals surface area contributed by atoms with Crippen LogP contribution >= 0.6 is 0 Å². The molecule has 1 N–H and O–H groups in total. The lowest BCUT2D eigenvalue weighted by Crippen LogP contribution is -2.15. The van der Waals surface area contributed by atoms with Gasteiger partial charge in [-0.15, -0.1) is 0 Å². The van der Waals surface area contributed by atoms with Gasteiger partial charge in [-0.1, -0.05) is 12.1 Å². The van der Waals surface area contributed by atoms with Crippen molar-refractivity contribution in [2.24, 2.45) is 0 Å². The number of anilines is 1. The van der Waals surface area contributed by atoms with Gasteiger partial charge >= 0.3 is 0 Å². The second-order valence-electron chi connectivity index (χ2n) is 6.48. The molecule has 3 nitrogen and oxygen atoms in total. The van der Waals surface area contributed by atoms with Crippen LogP contribution in [-0.4, -0.2) is 16.9 Å². The van der Waals surface area contributed by atoms with E-state index in [1.165, 1.54) is 29.7 Å². The minimum absolute atomic E-state index is 0.168. The summed E-state index contributed by atoms with van der Waals surface area (Å²) in [6.45, 7) is 8.64. The molecule has 1 aliphatic carbocycles. The standard InChI is InChI=1S/C19H24N2O/c1-12-5-6-13(2)18(9-12)20-11-19(22)17-10-14(3)21(15(17)4)16-7-8-16/h5-6,9-10,16,20H,7-8,11H2,1-4H3. The number of nitrogens with zero attached hydrogens (tertiary/aromatic N) is 1. The summed E-state index contributed by atoms with van der Waals surface area (Å²) in [4.78, 5) is 12.6. The van der Waals surface area contributed by atoms with Gasteiger partial charge in [-0.25, -0.2) is 0 Å². The first-order chi connectivity index (χ1) is 10.5. The highest BCUT2D eigenvalue weighted by Crippen LogP contribution is 2.38. The minimum Gasteiger partial charge on any atom is -0.377 e. The number of aryl methyl sites for hydroxylation is 3. The van der Waals surface area contributed by atoms with E-state index < -0.39 is 0 Å². The van der Waals surface area contributed by atoms with Gasteiger partial charge in [0.15, 0.2) is 5.78 Å². The van der Waals surface area contributed by atoms with Gasteiger partial charge in [0.05, 0.1) is 6.54 Å². The fourth-order valence-electron chi connectivity index (χ4n) is 3.15. The number of carbonyl (C=O) groups excluding carboxylic acids is 1. The van der Waals surface area contributed by atoms with Crippen LogP contribution in [0, 0.1) is 27.7 Å². The van der Waals surface area contributed by atoms with Gasteiger partial charge in [-0.05, 0) is 63.8 Å². The number of rotatable bonds is 5. The van der Waals surface area contributed by atoms with Crippen molar-refractivity contribution < 1.29 is 4.79 Å². The average Bonchev–Trinajstić information content (AvgIpc) is 3.25. The number of hydrogen-bond acceptors (Lipinski definition) is 2. The molecule has 1 aromatic heterocycles. The lowest BCUT2D eigenvalue weighted by molar-refractivity contribution is 0.101. The Labute approximate surface area is 132 Å². The van der Waals surface area contributed by atoms with Crippen LogP contribution in [0.4, 0.5) is 5.69 Å². The van der Waals surface area contributed by atoms with Crippen molar-refractivity contribution in [2.45, 2.75) is 46.6 Å². The molecule has 3 heteroatoms. The van der Waals surface area contributed by atoms with E-state index in [1.54, 1.807) is 0 Å². The van der Waals surface area contributed by atoms with Crippen molar-refractivity contribution >= 4 is 11.5 Å². The molecular weight excluding hydrogens is 272 g/mol. The molecule has 0 amide bonds. The molecule has 0 aliphatic heterocycles. The third-order valence-electron chi connectivity index (χ3n) is 4.53. The van der Waals surface area contributed by atoms with E-state index >= 15 is 0 Å². The highest BCUT2D eigenvalue weighted by molar-refractivity contribution is 6.00. The lowest BCUT2D eigenvalue weighted by atomic mass is 10.1. The topological polar surface area (TPSA) is 34.0 Å². The number of nitrogens with one attached hydrogen (secondary N) is 1. The molecule has 0 atom stereocenters. The van der Waals surface area contributed by atoms with Crippen LogP contribution in [0.2, 0.25) is 0 Å². The number of hydrogen-bond donors (Lipinski definition) is 1. The summed E-state index contributed by atoms with van der Waals surface area (Å²) in [6.07, 6.45) is 2.48. The molecule has 2 aromatic rings. The molecule has 0 spiro atoms. The molecule has 22 heavy (non-hydrogen) atoms. The number of Topliss-reactive ketones (excluding diaryl/α,β-unsaturated/α-hetero) is 1. The molecule has 0 radical (unpaired) electrons. The zero-order chi connectivity index (χ0) is 15.9. The van der Waals surface area contributed by atoms with Gasteiger partial charge in [-0.3, -0.25) is 4.79 Å². The Morgan fingerprint density at radius 2 is 1.91 bits per heavy atom. The minimum atomic E-state index is 0.168. The predicted octanol–water partition coefficient (Wildman–Crippen LogP) is 4.35.